The monoisotopic (exact) mass is 284 g/mol. The van der Waals surface area contributed by atoms with Gasteiger partial charge in [-0.1, -0.05) is 23.9 Å². The van der Waals surface area contributed by atoms with Gasteiger partial charge in [-0.15, -0.1) is 0 Å². The molecule has 5 heteroatoms. The van der Waals surface area contributed by atoms with Crippen LogP contribution in [0.1, 0.15) is 6.42 Å². The molecule has 0 saturated heterocycles. The first-order valence-corrected chi connectivity index (χ1v) is 7.18. The molecule has 4 rings (SSSR count). The lowest BCUT2D eigenvalue weighted by molar-refractivity contribution is -0.118. The summed E-state index contributed by atoms with van der Waals surface area (Å²) in [6.45, 7) is 0. The van der Waals surface area contributed by atoms with Gasteiger partial charge in [-0.05, 0) is 24.3 Å². The second-order valence-corrected chi connectivity index (χ2v) is 6.00. The summed E-state index contributed by atoms with van der Waals surface area (Å²) >= 11 is 1.52. The smallest absolute Gasteiger partial charge is 0.260 e. The van der Waals surface area contributed by atoms with E-state index in [-0.39, 0.29) is 5.91 Å². The van der Waals surface area contributed by atoms with Crippen molar-refractivity contribution in [2.45, 2.75) is 16.9 Å². The van der Waals surface area contributed by atoms with Crippen molar-refractivity contribution in [3.05, 3.63) is 59.5 Å². The van der Waals surface area contributed by atoms with Crippen LogP contribution < -0.4 is 10.6 Å². The molecule has 100 valence electrons. The normalized spacial score (nSPS) is 21.7. The number of benzene rings is 1. The predicted molar refractivity (Wildman–Crippen MR) is 77.8 cm³/mol. The molecule has 0 saturated carbocycles. The van der Waals surface area contributed by atoms with Crippen LogP contribution in [0.25, 0.3) is 0 Å². The van der Waals surface area contributed by atoms with Gasteiger partial charge in [-0.25, -0.2) is 0 Å². The Hall–Kier alpha value is -2.14. The molecule has 1 aromatic rings. The number of fused-ring (bicyclic) bond motifs is 1. The molecule has 3 heterocycles. The standard InChI is InChI=1S/C15H12N2O2S/c18-14-13-11(9-15(17-14)5-7-19-8-6-15)16-10-3-1-2-4-12(10)20-13/h1-8,16H,9H2,(H,17,18). The number of hydrogen-bond acceptors (Lipinski definition) is 4. The van der Waals surface area contributed by atoms with Gasteiger partial charge in [0.1, 0.15) is 0 Å². The third-order valence-corrected chi connectivity index (χ3v) is 4.78. The first-order valence-electron chi connectivity index (χ1n) is 6.36. The molecule has 2 N–H and O–H groups in total. The fourth-order valence-electron chi connectivity index (χ4n) is 2.59. The Morgan fingerprint density at radius 3 is 2.85 bits per heavy atom. The zero-order chi connectivity index (χ0) is 13.6. The van der Waals surface area contributed by atoms with Crippen LogP contribution in [0.3, 0.4) is 0 Å². The Balaban J connectivity index is 1.74. The highest BCUT2D eigenvalue weighted by molar-refractivity contribution is 8.04. The first kappa shape index (κ1) is 11.7. The number of carbonyl (C=O) groups is 1. The van der Waals surface area contributed by atoms with E-state index in [0.717, 1.165) is 21.2 Å². The number of carbonyl (C=O) groups excluding carboxylic acids is 1. The Bertz CT molecular complexity index is 679. The van der Waals surface area contributed by atoms with Gasteiger partial charge in [0, 0.05) is 17.0 Å². The van der Waals surface area contributed by atoms with Crippen molar-refractivity contribution < 1.29 is 9.53 Å². The Morgan fingerprint density at radius 2 is 2.00 bits per heavy atom. The maximum absolute atomic E-state index is 12.4. The molecule has 1 spiro atoms. The lowest BCUT2D eigenvalue weighted by atomic mass is 9.89. The van der Waals surface area contributed by atoms with Gasteiger partial charge in [0.15, 0.2) is 0 Å². The van der Waals surface area contributed by atoms with Gasteiger partial charge in [-0.3, -0.25) is 4.79 Å². The number of nitrogens with one attached hydrogen (secondary N) is 2. The van der Waals surface area contributed by atoms with Crippen LogP contribution in [0.4, 0.5) is 5.69 Å². The van der Waals surface area contributed by atoms with Crippen molar-refractivity contribution in [2.75, 3.05) is 5.32 Å². The molecule has 0 atom stereocenters. The van der Waals surface area contributed by atoms with Crippen molar-refractivity contribution in [3.63, 3.8) is 0 Å². The number of amides is 1. The van der Waals surface area contributed by atoms with E-state index in [1.165, 1.54) is 11.8 Å². The summed E-state index contributed by atoms with van der Waals surface area (Å²) < 4.78 is 5.07. The van der Waals surface area contributed by atoms with E-state index in [2.05, 4.69) is 10.6 Å². The van der Waals surface area contributed by atoms with Gasteiger partial charge in [-0.2, -0.15) is 0 Å². The third-order valence-electron chi connectivity index (χ3n) is 3.57. The molecule has 3 aliphatic rings. The van der Waals surface area contributed by atoms with Crippen LogP contribution in [0.2, 0.25) is 0 Å². The fourth-order valence-corrected chi connectivity index (χ4v) is 3.57. The Labute approximate surface area is 120 Å². The van der Waals surface area contributed by atoms with E-state index in [1.54, 1.807) is 12.5 Å². The number of anilines is 1. The van der Waals surface area contributed by atoms with Gasteiger partial charge < -0.3 is 15.4 Å². The van der Waals surface area contributed by atoms with Crippen LogP contribution in [0, 0.1) is 0 Å². The maximum Gasteiger partial charge on any atom is 0.260 e. The van der Waals surface area contributed by atoms with Crippen molar-refractivity contribution in [1.82, 2.24) is 5.32 Å². The summed E-state index contributed by atoms with van der Waals surface area (Å²) in [5, 5.41) is 6.44. The molecule has 0 radical (unpaired) electrons. The largest absolute Gasteiger partial charge is 0.473 e. The molecule has 0 bridgehead atoms. The van der Waals surface area contributed by atoms with Crippen molar-refractivity contribution >= 4 is 23.4 Å². The molecule has 0 aliphatic carbocycles. The minimum absolute atomic E-state index is 0.0468. The minimum Gasteiger partial charge on any atom is -0.473 e. The maximum atomic E-state index is 12.4. The third kappa shape index (κ3) is 1.74. The minimum atomic E-state index is -0.478. The SMILES string of the molecule is O=C1NC2(C=COC=C2)CC2=C1Sc1ccccc1N2. The number of para-hydroxylation sites is 1. The summed E-state index contributed by atoms with van der Waals surface area (Å²) in [6.07, 6.45) is 7.67. The summed E-state index contributed by atoms with van der Waals surface area (Å²) in [4.78, 5) is 14.2. The Morgan fingerprint density at radius 1 is 1.20 bits per heavy atom. The lowest BCUT2D eigenvalue weighted by Crippen LogP contribution is -2.51. The van der Waals surface area contributed by atoms with Gasteiger partial charge in [0.2, 0.25) is 0 Å². The summed E-state index contributed by atoms with van der Waals surface area (Å²) in [7, 11) is 0. The van der Waals surface area contributed by atoms with Crippen LogP contribution in [0.5, 0.6) is 0 Å². The first-order chi connectivity index (χ1) is 9.76. The molecular weight excluding hydrogens is 272 g/mol. The number of hydrogen-bond donors (Lipinski definition) is 2. The van der Waals surface area contributed by atoms with E-state index in [9.17, 15) is 4.79 Å². The zero-order valence-electron chi connectivity index (χ0n) is 10.6. The second kappa shape index (κ2) is 4.18. The zero-order valence-corrected chi connectivity index (χ0v) is 11.4. The molecule has 0 unspecified atom stereocenters. The predicted octanol–water partition coefficient (Wildman–Crippen LogP) is 2.73. The average Bonchev–Trinajstić information content (AvgIpc) is 2.46. The molecule has 1 aromatic carbocycles. The molecule has 0 fully saturated rings. The highest BCUT2D eigenvalue weighted by Crippen LogP contribution is 2.44. The highest BCUT2D eigenvalue weighted by atomic mass is 32.2. The molecule has 20 heavy (non-hydrogen) atoms. The summed E-state index contributed by atoms with van der Waals surface area (Å²) in [6, 6.07) is 8.01. The summed E-state index contributed by atoms with van der Waals surface area (Å²) in [5.74, 6) is -0.0468. The molecule has 3 aliphatic heterocycles. The number of rotatable bonds is 0. The van der Waals surface area contributed by atoms with Crippen LogP contribution >= 0.6 is 11.8 Å². The molecule has 1 amide bonds. The fraction of sp³-hybridized carbons (Fsp3) is 0.133. The van der Waals surface area contributed by atoms with E-state index >= 15 is 0 Å². The van der Waals surface area contributed by atoms with Crippen molar-refractivity contribution in [2.24, 2.45) is 0 Å². The molecular formula is C15H12N2O2S. The van der Waals surface area contributed by atoms with E-state index in [1.807, 2.05) is 36.4 Å². The topological polar surface area (TPSA) is 50.4 Å². The van der Waals surface area contributed by atoms with E-state index in [4.69, 9.17) is 4.74 Å². The average molecular weight is 284 g/mol. The molecule has 0 aromatic heterocycles. The van der Waals surface area contributed by atoms with E-state index in [0.29, 0.717) is 6.42 Å². The van der Waals surface area contributed by atoms with E-state index < -0.39 is 5.54 Å². The van der Waals surface area contributed by atoms with Gasteiger partial charge in [0.25, 0.3) is 5.91 Å². The highest BCUT2D eigenvalue weighted by Gasteiger charge is 2.39. The number of thioether (sulfide) groups is 1. The number of ether oxygens (including phenoxy) is 1. The van der Waals surface area contributed by atoms with Crippen LogP contribution in [0.15, 0.2) is 64.4 Å². The van der Waals surface area contributed by atoms with Crippen molar-refractivity contribution in [3.8, 4) is 0 Å². The summed E-state index contributed by atoms with van der Waals surface area (Å²) in [5.41, 5.74) is 1.54. The quantitative estimate of drug-likeness (QED) is 0.769. The van der Waals surface area contributed by atoms with Gasteiger partial charge >= 0.3 is 0 Å². The second-order valence-electron chi connectivity index (χ2n) is 4.94. The van der Waals surface area contributed by atoms with Crippen LogP contribution in [-0.2, 0) is 9.53 Å². The van der Waals surface area contributed by atoms with Crippen LogP contribution in [-0.4, -0.2) is 11.4 Å². The van der Waals surface area contributed by atoms with Gasteiger partial charge in [0.05, 0.1) is 28.7 Å². The Kier molecular flexibility index (Phi) is 2.44. The molecule has 4 nitrogen and oxygen atoms in total. The lowest BCUT2D eigenvalue weighted by Gasteiger charge is -2.38. The van der Waals surface area contributed by atoms with Crippen molar-refractivity contribution in [1.29, 1.82) is 0 Å².